The molecule has 1 saturated heterocycles. The Balaban J connectivity index is 2.25. The maximum atomic E-state index is 14.0. The summed E-state index contributed by atoms with van der Waals surface area (Å²) in [5.74, 6) is -0.533. The molecule has 5 heteroatoms. The van der Waals surface area contributed by atoms with Crippen LogP contribution in [0.3, 0.4) is 0 Å². The van der Waals surface area contributed by atoms with E-state index in [1.54, 1.807) is 13.1 Å². The highest BCUT2D eigenvalue weighted by atomic mass is 19.1. The fourth-order valence-electron chi connectivity index (χ4n) is 2.90. The third kappa shape index (κ3) is 2.93. The van der Waals surface area contributed by atoms with Gasteiger partial charge in [0.25, 0.3) is 0 Å². The number of carbonyl (C=O) groups is 1. The van der Waals surface area contributed by atoms with Crippen LogP contribution in [0.1, 0.15) is 37.8 Å². The number of likely N-dealkylation sites (tertiary alicyclic amines) is 1. The summed E-state index contributed by atoms with van der Waals surface area (Å²) in [5, 5.41) is 12.0. The molecule has 1 fully saturated rings. The van der Waals surface area contributed by atoms with Crippen molar-refractivity contribution >= 4 is 5.91 Å². The summed E-state index contributed by atoms with van der Waals surface area (Å²) in [6.07, 6.45) is 2.82. The number of piperidine rings is 1. The van der Waals surface area contributed by atoms with E-state index >= 15 is 0 Å². The third-order valence-corrected chi connectivity index (χ3v) is 4.02. The number of likely N-dealkylation sites (N-methyl/N-ethyl adjacent to an activating group) is 1. The van der Waals surface area contributed by atoms with Crippen LogP contribution in [0.5, 0.6) is 5.75 Å². The van der Waals surface area contributed by atoms with Gasteiger partial charge in [0.15, 0.2) is 0 Å². The van der Waals surface area contributed by atoms with Crippen molar-refractivity contribution in [2.24, 2.45) is 0 Å². The first kappa shape index (κ1) is 14.8. The molecule has 0 aliphatic carbocycles. The number of nitrogens with zero attached hydrogens (tertiary/aromatic N) is 1. The van der Waals surface area contributed by atoms with Gasteiger partial charge in [-0.3, -0.25) is 9.69 Å². The van der Waals surface area contributed by atoms with Gasteiger partial charge in [-0.05, 0) is 32.4 Å². The molecule has 110 valence electrons. The minimum atomic E-state index is -0.432. The summed E-state index contributed by atoms with van der Waals surface area (Å²) in [5.41, 5.74) is 0.513. The molecule has 1 aliphatic rings. The standard InChI is InChI=1S/C15H21FN2O2/c1-10(12-7-6-11(19)9-13(12)16)18-8-4-3-5-14(18)15(20)17-2/h6-7,9-10,14,19H,3-5,8H2,1-2H3,(H,17,20). The lowest BCUT2D eigenvalue weighted by Crippen LogP contribution is -2.49. The SMILES string of the molecule is CNC(=O)C1CCCCN1C(C)c1ccc(O)cc1F. The number of phenolic OH excluding ortho intramolecular Hbond substituents is 1. The zero-order chi connectivity index (χ0) is 14.7. The summed E-state index contributed by atoms with van der Waals surface area (Å²) >= 11 is 0. The van der Waals surface area contributed by atoms with E-state index in [9.17, 15) is 14.3 Å². The van der Waals surface area contributed by atoms with Gasteiger partial charge in [0.1, 0.15) is 11.6 Å². The Hall–Kier alpha value is -1.62. The molecule has 1 heterocycles. The number of nitrogens with one attached hydrogen (secondary N) is 1. The third-order valence-electron chi connectivity index (χ3n) is 4.02. The van der Waals surface area contributed by atoms with E-state index in [0.717, 1.165) is 31.9 Å². The maximum absolute atomic E-state index is 14.0. The van der Waals surface area contributed by atoms with Crippen molar-refractivity contribution in [3.05, 3.63) is 29.6 Å². The van der Waals surface area contributed by atoms with Gasteiger partial charge in [-0.15, -0.1) is 0 Å². The molecule has 2 rings (SSSR count). The largest absolute Gasteiger partial charge is 0.508 e. The quantitative estimate of drug-likeness (QED) is 0.892. The van der Waals surface area contributed by atoms with E-state index in [0.29, 0.717) is 5.56 Å². The Morgan fingerprint density at radius 2 is 2.25 bits per heavy atom. The molecule has 2 unspecified atom stereocenters. The lowest BCUT2D eigenvalue weighted by atomic mass is 9.96. The Morgan fingerprint density at radius 3 is 2.90 bits per heavy atom. The number of aromatic hydroxyl groups is 1. The van der Waals surface area contributed by atoms with Crippen LogP contribution in [0, 0.1) is 5.82 Å². The number of carbonyl (C=O) groups excluding carboxylic acids is 1. The minimum Gasteiger partial charge on any atom is -0.508 e. The van der Waals surface area contributed by atoms with E-state index in [1.807, 2.05) is 11.8 Å². The van der Waals surface area contributed by atoms with Crippen LogP contribution >= 0.6 is 0 Å². The summed E-state index contributed by atoms with van der Waals surface area (Å²) in [6, 6.07) is 3.78. The van der Waals surface area contributed by atoms with Crippen molar-refractivity contribution in [1.29, 1.82) is 0 Å². The molecule has 20 heavy (non-hydrogen) atoms. The van der Waals surface area contributed by atoms with Crippen LogP contribution in [0.25, 0.3) is 0 Å². The molecular formula is C15H21FN2O2. The van der Waals surface area contributed by atoms with Gasteiger partial charge in [0.2, 0.25) is 5.91 Å². The molecule has 4 nitrogen and oxygen atoms in total. The van der Waals surface area contributed by atoms with Crippen LogP contribution in [-0.2, 0) is 4.79 Å². The normalized spacial score (nSPS) is 21.4. The fraction of sp³-hybridized carbons (Fsp3) is 0.533. The van der Waals surface area contributed by atoms with Crippen LogP contribution in [0.15, 0.2) is 18.2 Å². The Kier molecular flexibility index (Phi) is 4.60. The van der Waals surface area contributed by atoms with Crippen molar-refractivity contribution in [2.75, 3.05) is 13.6 Å². The molecule has 1 amide bonds. The smallest absolute Gasteiger partial charge is 0.237 e. The lowest BCUT2D eigenvalue weighted by molar-refractivity contribution is -0.128. The summed E-state index contributed by atoms with van der Waals surface area (Å²) in [7, 11) is 1.63. The predicted octanol–water partition coefficient (Wildman–Crippen LogP) is 2.19. The molecule has 2 atom stereocenters. The molecule has 0 spiro atoms. The van der Waals surface area contributed by atoms with Gasteiger partial charge in [-0.25, -0.2) is 4.39 Å². The molecular weight excluding hydrogens is 259 g/mol. The summed E-state index contributed by atoms with van der Waals surface area (Å²) in [6.45, 7) is 2.68. The average molecular weight is 280 g/mol. The zero-order valence-electron chi connectivity index (χ0n) is 11.9. The predicted molar refractivity (Wildman–Crippen MR) is 74.9 cm³/mol. The van der Waals surface area contributed by atoms with Crippen molar-refractivity contribution in [2.45, 2.75) is 38.3 Å². The van der Waals surface area contributed by atoms with Crippen molar-refractivity contribution in [3.8, 4) is 5.75 Å². The topological polar surface area (TPSA) is 52.6 Å². The van der Waals surface area contributed by atoms with Gasteiger partial charge in [0, 0.05) is 24.7 Å². The summed E-state index contributed by atoms with van der Waals surface area (Å²) < 4.78 is 14.0. The van der Waals surface area contributed by atoms with Gasteiger partial charge in [-0.1, -0.05) is 12.5 Å². The minimum absolute atomic E-state index is 0.0178. The molecule has 1 aromatic rings. The maximum Gasteiger partial charge on any atom is 0.237 e. The molecule has 1 aromatic carbocycles. The number of amides is 1. The number of hydrogen-bond acceptors (Lipinski definition) is 3. The lowest BCUT2D eigenvalue weighted by Gasteiger charge is -2.39. The first-order valence-electron chi connectivity index (χ1n) is 7.00. The van der Waals surface area contributed by atoms with E-state index in [4.69, 9.17) is 0 Å². The Morgan fingerprint density at radius 1 is 1.50 bits per heavy atom. The van der Waals surface area contributed by atoms with Crippen molar-refractivity contribution < 1.29 is 14.3 Å². The second kappa shape index (κ2) is 6.22. The van der Waals surface area contributed by atoms with E-state index < -0.39 is 5.82 Å². The molecule has 2 N–H and O–H groups in total. The van der Waals surface area contributed by atoms with Gasteiger partial charge in [-0.2, -0.15) is 0 Å². The molecule has 1 aliphatic heterocycles. The first-order chi connectivity index (χ1) is 9.54. The van der Waals surface area contributed by atoms with Gasteiger partial charge in [0.05, 0.1) is 6.04 Å². The van der Waals surface area contributed by atoms with E-state index in [2.05, 4.69) is 5.32 Å². The van der Waals surface area contributed by atoms with E-state index in [-0.39, 0.29) is 23.7 Å². The second-order valence-corrected chi connectivity index (χ2v) is 5.25. The second-order valence-electron chi connectivity index (χ2n) is 5.25. The molecule has 0 radical (unpaired) electrons. The number of rotatable bonds is 3. The fourth-order valence-corrected chi connectivity index (χ4v) is 2.90. The molecule has 0 aromatic heterocycles. The molecule has 0 bridgehead atoms. The van der Waals surface area contributed by atoms with E-state index in [1.165, 1.54) is 6.07 Å². The highest BCUT2D eigenvalue weighted by Crippen LogP contribution is 2.31. The van der Waals surface area contributed by atoms with Crippen LogP contribution < -0.4 is 5.32 Å². The number of hydrogen-bond donors (Lipinski definition) is 2. The zero-order valence-corrected chi connectivity index (χ0v) is 11.9. The highest BCUT2D eigenvalue weighted by Gasteiger charge is 2.32. The Bertz CT molecular complexity index is 493. The van der Waals surface area contributed by atoms with Crippen LogP contribution in [0.4, 0.5) is 4.39 Å². The van der Waals surface area contributed by atoms with Gasteiger partial charge >= 0.3 is 0 Å². The summed E-state index contributed by atoms with van der Waals surface area (Å²) in [4.78, 5) is 14.0. The number of halogens is 1. The number of benzene rings is 1. The average Bonchev–Trinajstić information content (AvgIpc) is 2.46. The molecule has 0 saturated carbocycles. The first-order valence-corrected chi connectivity index (χ1v) is 7.00. The van der Waals surface area contributed by atoms with Crippen LogP contribution in [0.2, 0.25) is 0 Å². The van der Waals surface area contributed by atoms with Crippen molar-refractivity contribution in [1.82, 2.24) is 10.2 Å². The van der Waals surface area contributed by atoms with Gasteiger partial charge < -0.3 is 10.4 Å². The van der Waals surface area contributed by atoms with Crippen molar-refractivity contribution in [3.63, 3.8) is 0 Å². The Labute approximate surface area is 118 Å². The van der Waals surface area contributed by atoms with Crippen LogP contribution in [-0.4, -0.2) is 35.5 Å². The monoisotopic (exact) mass is 280 g/mol. The highest BCUT2D eigenvalue weighted by molar-refractivity contribution is 5.81. The number of phenols is 1.